The maximum atomic E-state index is 5.95. The molecule has 0 rings (SSSR count). The number of methoxy groups -OCH3 is 1. The normalized spacial score (nSPS) is 15.6. The molecule has 0 bridgehead atoms. The molecule has 0 saturated heterocycles. The molecule has 2 N–H and O–H groups in total. The van der Waals surface area contributed by atoms with E-state index in [9.17, 15) is 0 Å². The molecular weight excluding hydrogens is 194 g/mol. The van der Waals surface area contributed by atoms with Crippen molar-refractivity contribution in [3.63, 3.8) is 0 Å². The summed E-state index contributed by atoms with van der Waals surface area (Å²) in [5.74, 6) is 0. The zero-order chi connectivity index (χ0) is 11.4. The third-order valence-electron chi connectivity index (χ3n) is 1.86. The van der Waals surface area contributed by atoms with Gasteiger partial charge in [-0.1, -0.05) is 20.8 Å². The summed E-state index contributed by atoms with van der Waals surface area (Å²) in [4.78, 5) is 0. The fourth-order valence-corrected chi connectivity index (χ4v) is 1.46. The number of hydrogen-bond donors (Lipinski definition) is 1. The lowest BCUT2D eigenvalue weighted by atomic mass is 10.0. The molecule has 14 heavy (non-hydrogen) atoms. The Morgan fingerprint density at radius 3 is 2.07 bits per heavy atom. The molecule has 0 spiro atoms. The van der Waals surface area contributed by atoms with Crippen LogP contribution in [0.3, 0.4) is 0 Å². The number of nitrogens with two attached hydrogens (primary N) is 1. The van der Waals surface area contributed by atoms with Crippen LogP contribution in [0, 0.1) is 0 Å². The summed E-state index contributed by atoms with van der Waals surface area (Å²) < 4.78 is 10.9. The van der Waals surface area contributed by atoms with Crippen molar-refractivity contribution >= 4 is 9.76 Å². The average Bonchev–Trinajstić information content (AvgIpc) is 2.00. The molecule has 0 heterocycles. The highest BCUT2D eigenvalue weighted by Crippen LogP contribution is 2.24. The first-order valence-corrected chi connectivity index (χ1v) is 5.79. The van der Waals surface area contributed by atoms with Crippen LogP contribution >= 0.6 is 0 Å². The van der Waals surface area contributed by atoms with E-state index >= 15 is 0 Å². The van der Waals surface area contributed by atoms with Gasteiger partial charge in [-0.25, -0.2) is 0 Å². The van der Waals surface area contributed by atoms with Gasteiger partial charge in [0.05, 0.1) is 18.2 Å². The molecule has 0 aliphatic heterocycles. The molecule has 0 aliphatic carbocycles. The number of rotatable bonds is 5. The largest absolute Gasteiger partial charge is 0.410 e. The van der Waals surface area contributed by atoms with Crippen LogP contribution in [0.2, 0.25) is 5.04 Å². The van der Waals surface area contributed by atoms with Crippen molar-refractivity contribution in [3.05, 3.63) is 0 Å². The zero-order valence-electron chi connectivity index (χ0n) is 10.2. The van der Waals surface area contributed by atoms with E-state index in [1.807, 2.05) is 13.8 Å². The monoisotopic (exact) mass is 217 g/mol. The number of hydrogen-bond acceptors (Lipinski definition) is 3. The van der Waals surface area contributed by atoms with Crippen molar-refractivity contribution in [2.45, 2.75) is 51.3 Å². The topological polar surface area (TPSA) is 44.5 Å². The summed E-state index contributed by atoms with van der Waals surface area (Å²) >= 11 is 0. The SMILES string of the molecule is COC[C@@H](N)C(C)(C)O[Si]C(C)(C)C. The Bertz CT molecular complexity index is 166. The molecule has 84 valence electrons. The molecule has 0 aliphatic rings. The second-order valence-electron chi connectivity index (χ2n) is 5.12. The third-order valence-corrected chi connectivity index (χ3v) is 3.10. The predicted octanol–water partition coefficient (Wildman–Crippen LogP) is 1.59. The van der Waals surface area contributed by atoms with Crippen LogP contribution in [-0.4, -0.2) is 35.1 Å². The summed E-state index contributed by atoms with van der Waals surface area (Å²) in [6.45, 7) is 11.0. The summed E-state index contributed by atoms with van der Waals surface area (Å²) in [5.41, 5.74) is 5.63. The van der Waals surface area contributed by atoms with Crippen molar-refractivity contribution < 1.29 is 9.16 Å². The molecule has 0 aromatic rings. The molecular formula is C10H23NO2Si. The third kappa shape index (κ3) is 5.75. The van der Waals surface area contributed by atoms with Gasteiger partial charge in [-0.15, -0.1) is 0 Å². The molecule has 0 unspecified atom stereocenters. The lowest BCUT2D eigenvalue weighted by Gasteiger charge is -2.33. The van der Waals surface area contributed by atoms with Crippen molar-refractivity contribution in [2.75, 3.05) is 13.7 Å². The van der Waals surface area contributed by atoms with Crippen LogP contribution in [-0.2, 0) is 9.16 Å². The van der Waals surface area contributed by atoms with E-state index in [1.165, 1.54) is 0 Å². The molecule has 0 amide bonds. The van der Waals surface area contributed by atoms with Crippen LogP contribution in [0.4, 0.5) is 0 Å². The first-order valence-electron chi connectivity index (χ1n) is 4.89. The van der Waals surface area contributed by atoms with Crippen molar-refractivity contribution in [2.24, 2.45) is 5.73 Å². The van der Waals surface area contributed by atoms with Gasteiger partial charge < -0.3 is 14.9 Å². The van der Waals surface area contributed by atoms with E-state index in [0.717, 1.165) is 0 Å². The van der Waals surface area contributed by atoms with Gasteiger partial charge in [0, 0.05) is 7.11 Å². The Labute approximate surface area is 90.3 Å². The lowest BCUT2D eigenvalue weighted by molar-refractivity contribution is 0.0407. The Morgan fingerprint density at radius 1 is 1.21 bits per heavy atom. The molecule has 0 fully saturated rings. The van der Waals surface area contributed by atoms with Gasteiger partial charge in [0.15, 0.2) is 0 Å². The van der Waals surface area contributed by atoms with Crippen LogP contribution < -0.4 is 5.73 Å². The molecule has 0 saturated carbocycles. The standard InChI is InChI=1S/C10H23NO2Si/c1-9(2,3)14-13-10(4,5)8(11)7-12-6/h8H,7,11H2,1-6H3/t8-/m1/s1. The Balaban J connectivity index is 4.06. The predicted molar refractivity (Wildman–Crippen MR) is 60.5 cm³/mol. The molecule has 3 nitrogen and oxygen atoms in total. The van der Waals surface area contributed by atoms with E-state index in [4.69, 9.17) is 14.9 Å². The molecule has 0 aromatic carbocycles. The summed E-state index contributed by atoms with van der Waals surface area (Å²) in [6.07, 6.45) is 0. The first-order chi connectivity index (χ1) is 6.19. The van der Waals surface area contributed by atoms with Crippen LogP contribution in [0.15, 0.2) is 0 Å². The number of ether oxygens (including phenoxy) is 1. The highest BCUT2D eigenvalue weighted by atomic mass is 28.2. The van der Waals surface area contributed by atoms with E-state index in [-0.39, 0.29) is 16.7 Å². The van der Waals surface area contributed by atoms with Gasteiger partial charge in [0.1, 0.15) is 0 Å². The maximum absolute atomic E-state index is 5.95. The van der Waals surface area contributed by atoms with E-state index < -0.39 is 0 Å². The van der Waals surface area contributed by atoms with Crippen LogP contribution in [0.5, 0.6) is 0 Å². The van der Waals surface area contributed by atoms with E-state index in [2.05, 4.69) is 20.8 Å². The van der Waals surface area contributed by atoms with Gasteiger partial charge in [-0.3, -0.25) is 0 Å². The van der Waals surface area contributed by atoms with Gasteiger partial charge in [0.2, 0.25) is 9.76 Å². The summed E-state index contributed by atoms with van der Waals surface area (Å²) in [7, 11) is 2.11. The van der Waals surface area contributed by atoms with E-state index in [0.29, 0.717) is 16.4 Å². The maximum Gasteiger partial charge on any atom is 0.236 e. The second kappa shape index (κ2) is 5.26. The highest BCUT2D eigenvalue weighted by Gasteiger charge is 2.29. The van der Waals surface area contributed by atoms with Gasteiger partial charge in [0.25, 0.3) is 0 Å². The van der Waals surface area contributed by atoms with Crippen LogP contribution in [0.25, 0.3) is 0 Å². The van der Waals surface area contributed by atoms with Gasteiger partial charge >= 0.3 is 0 Å². The lowest BCUT2D eigenvalue weighted by Crippen LogP contribution is -2.49. The minimum absolute atomic E-state index is 0.0812. The fraction of sp³-hybridized carbons (Fsp3) is 1.00. The minimum atomic E-state index is -0.318. The highest BCUT2D eigenvalue weighted by molar-refractivity contribution is 6.31. The quantitative estimate of drug-likeness (QED) is 0.711. The zero-order valence-corrected chi connectivity index (χ0v) is 11.2. The molecule has 1 atom stereocenters. The Morgan fingerprint density at radius 2 is 1.71 bits per heavy atom. The Kier molecular flexibility index (Phi) is 5.29. The molecule has 0 aromatic heterocycles. The van der Waals surface area contributed by atoms with Crippen molar-refractivity contribution in [1.29, 1.82) is 0 Å². The van der Waals surface area contributed by atoms with Gasteiger partial charge in [-0.05, 0) is 18.9 Å². The average molecular weight is 217 g/mol. The van der Waals surface area contributed by atoms with Crippen molar-refractivity contribution in [3.8, 4) is 0 Å². The minimum Gasteiger partial charge on any atom is -0.410 e. The molecule has 2 radical (unpaired) electrons. The smallest absolute Gasteiger partial charge is 0.236 e. The van der Waals surface area contributed by atoms with Crippen LogP contribution in [0.1, 0.15) is 34.6 Å². The van der Waals surface area contributed by atoms with Gasteiger partial charge in [-0.2, -0.15) is 0 Å². The van der Waals surface area contributed by atoms with Crippen molar-refractivity contribution in [1.82, 2.24) is 0 Å². The second-order valence-corrected chi connectivity index (χ2v) is 7.03. The summed E-state index contributed by atoms with van der Waals surface area (Å²) in [5, 5.41) is 0.198. The molecule has 4 heteroatoms. The Hall–Kier alpha value is 0.0969. The fourth-order valence-electron chi connectivity index (χ4n) is 0.741. The van der Waals surface area contributed by atoms with E-state index in [1.54, 1.807) is 7.11 Å². The first kappa shape index (κ1) is 14.1. The summed E-state index contributed by atoms with van der Waals surface area (Å²) in [6, 6.07) is -0.0812.